The quantitative estimate of drug-likeness (QED) is 0.891. The third-order valence-electron chi connectivity index (χ3n) is 3.61. The maximum Gasteiger partial charge on any atom is 0.410 e. The number of rotatable bonds is 2. The van der Waals surface area contributed by atoms with Crippen molar-refractivity contribution >= 4 is 12.1 Å². The zero-order valence-electron chi connectivity index (χ0n) is 13.4. The fourth-order valence-corrected chi connectivity index (χ4v) is 2.64. The number of hydrogen-bond acceptors (Lipinski definition) is 5. The first kappa shape index (κ1) is 16.3. The molecule has 1 amide bonds. The number of hydrogen-bond donors (Lipinski definition) is 1. The lowest BCUT2D eigenvalue weighted by Crippen LogP contribution is -2.41. The molecule has 8 heteroatoms. The molecule has 1 N–H and O–H groups in total. The van der Waals surface area contributed by atoms with Crippen molar-refractivity contribution in [2.75, 3.05) is 13.1 Å². The van der Waals surface area contributed by atoms with E-state index in [-0.39, 0.29) is 17.7 Å². The summed E-state index contributed by atoms with van der Waals surface area (Å²) in [5.74, 6) is -1.04. The van der Waals surface area contributed by atoms with Crippen molar-refractivity contribution in [3.63, 3.8) is 0 Å². The minimum absolute atomic E-state index is 0.00165. The minimum Gasteiger partial charge on any atom is -0.476 e. The third kappa shape index (κ3) is 3.55. The van der Waals surface area contributed by atoms with E-state index in [1.54, 1.807) is 11.9 Å². The summed E-state index contributed by atoms with van der Waals surface area (Å²) >= 11 is 0. The number of carbonyl (C=O) groups excluding carboxylic acids is 1. The van der Waals surface area contributed by atoms with E-state index in [1.807, 2.05) is 20.8 Å². The van der Waals surface area contributed by atoms with E-state index in [9.17, 15) is 14.7 Å². The SMILES string of the molecule is Cn1nnc(C(=O)O)c1C1CCN(C(=O)OC(C)(C)C)CC1. The van der Waals surface area contributed by atoms with E-state index < -0.39 is 11.6 Å². The number of carbonyl (C=O) groups is 2. The zero-order chi connectivity index (χ0) is 16.5. The second-order valence-electron chi connectivity index (χ2n) is 6.49. The number of nitrogens with zero attached hydrogens (tertiary/aromatic N) is 4. The van der Waals surface area contributed by atoms with Gasteiger partial charge in [0.25, 0.3) is 0 Å². The largest absolute Gasteiger partial charge is 0.476 e. The van der Waals surface area contributed by atoms with Crippen LogP contribution in [0, 0.1) is 0 Å². The highest BCUT2D eigenvalue weighted by molar-refractivity contribution is 5.86. The Morgan fingerprint density at radius 3 is 2.36 bits per heavy atom. The van der Waals surface area contributed by atoms with Gasteiger partial charge in [-0.25, -0.2) is 9.59 Å². The van der Waals surface area contributed by atoms with Crippen LogP contribution in [0.3, 0.4) is 0 Å². The molecule has 8 nitrogen and oxygen atoms in total. The number of aromatic carboxylic acids is 1. The number of aromatic nitrogens is 3. The summed E-state index contributed by atoms with van der Waals surface area (Å²) in [5.41, 5.74) is 0.102. The predicted molar refractivity (Wildman–Crippen MR) is 77.7 cm³/mol. The second-order valence-corrected chi connectivity index (χ2v) is 6.49. The van der Waals surface area contributed by atoms with E-state index in [2.05, 4.69) is 10.3 Å². The Labute approximate surface area is 129 Å². The number of carboxylic acids is 1. The van der Waals surface area contributed by atoms with Gasteiger partial charge in [0.1, 0.15) is 5.60 Å². The summed E-state index contributed by atoms with van der Waals surface area (Å²) in [6, 6.07) is 0. The lowest BCUT2D eigenvalue weighted by molar-refractivity contribution is 0.0202. The Morgan fingerprint density at radius 1 is 1.27 bits per heavy atom. The topological polar surface area (TPSA) is 97.5 Å². The fraction of sp³-hybridized carbons (Fsp3) is 0.714. The van der Waals surface area contributed by atoms with E-state index >= 15 is 0 Å². The van der Waals surface area contributed by atoms with Gasteiger partial charge in [0.15, 0.2) is 5.69 Å². The van der Waals surface area contributed by atoms with Gasteiger partial charge in [-0.05, 0) is 33.6 Å². The maximum atomic E-state index is 12.0. The van der Waals surface area contributed by atoms with Gasteiger partial charge in [0, 0.05) is 26.1 Å². The van der Waals surface area contributed by atoms with Crippen LogP contribution in [0.2, 0.25) is 0 Å². The van der Waals surface area contributed by atoms with Gasteiger partial charge < -0.3 is 14.7 Å². The van der Waals surface area contributed by atoms with Crippen molar-refractivity contribution in [1.82, 2.24) is 19.9 Å². The van der Waals surface area contributed by atoms with Gasteiger partial charge in [-0.3, -0.25) is 4.68 Å². The Balaban J connectivity index is 2.02. The summed E-state index contributed by atoms with van der Waals surface area (Å²) in [4.78, 5) is 24.9. The third-order valence-corrected chi connectivity index (χ3v) is 3.61. The average molecular weight is 310 g/mol. The Kier molecular flexibility index (Phi) is 4.39. The highest BCUT2D eigenvalue weighted by atomic mass is 16.6. The van der Waals surface area contributed by atoms with Crippen molar-refractivity contribution < 1.29 is 19.4 Å². The summed E-state index contributed by atoms with van der Waals surface area (Å²) in [5, 5.41) is 16.7. The first-order valence-corrected chi connectivity index (χ1v) is 7.30. The van der Waals surface area contributed by atoms with Crippen molar-refractivity contribution in [1.29, 1.82) is 0 Å². The van der Waals surface area contributed by atoms with Crippen LogP contribution in [0.4, 0.5) is 4.79 Å². The van der Waals surface area contributed by atoms with E-state index in [0.717, 1.165) is 0 Å². The van der Waals surface area contributed by atoms with E-state index in [4.69, 9.17) is 4.74 Å². The summed E-state index contributed by atoms with van der Waals surface area (Å²) < 4.78 is 6.86. The van der Waals surface area contributed by atoms with Crippen LogP contribution in [0.1, 0.15) is 55.7 Å². The Morgan fingerprint density at radius 2 is 1.86 bits per heavy atom. The van der Waals surface area contributed by atoms with Gasteiger partial charge >= 0.3 is 12.1 Å². The zero-order valence-corrected chi connectivity index (χ0v) is 13.4. The molecular formula is C14H22N4O4. The van der Waals surface area contributed by atoms with Gasteiger partial charge in [0.05, 0.1) is 5.69 Å². The molecule has 2 rings (SSSR count). The molecule has 0 unspecified atom stereocenters. The highest BCUT2D eigenvalue weighted by Gasteiger charge is 2.31. The van der Waals surface area contributed by atoms with Crippen LogP contribution in [0.25, 0.3) is 0 Å². The molecule has 0 aliphatic carbocycles. The molecule has 1 fully saturated rings. The lowest BCUT2D eigenvalue weighted by Gasteiger charge is -2.33. The molecule has 0 radical (unpaired) electrons. The van der Waals surface area contributed by atoms with Crippen LogP contribution in [0.15, 0.2) is 0 Å². The number of amides is 1. The van der Waals surface area contributed by atoms with Crippen molar-refractivity contribution in [3.05, 3.63) is 11.4 Å². The van der Waals surface area contributed by atoms with Crippen molar-refractivity contribution in [3.8, 4) is 0 Å². The molecule has 0 bridgehead atoms. The highest BCUT2D eigenvalue weighted by Crippen LogP contribution is 2.29. The number of aryl methyl sites for hydroxylation is 1. The molecule has 122 valence electrons. The molecule has 1 saturated heterocycles. The molecule has 0 saturated carbocycles. The normalized spacial score (nSPS) is 16.6. The number of carboxylic acid groups (broad SMARTS) is 1. The van der Waals surface area contributed by atoms with Crippen LogP contribution in [0.5, 0.6) is 0 Å². The lowest BCUT2D eigenvalue weighted by atomic mass is 9.92. The van der Waals surface area contributed by atoms with Gasteiger partial charge in [-0.1, -0.05) is 5.21 Å². The van der Waals surface area contributed by atoms with E-state index in [0.29, 0.717) is 31.6 Å². The van der Waals surface area contributed by atoms with Crippen LogP contribution in [-0.4, -0.2) is 55.8 Å². The first-order chi connectivity index (χ1) is 10.2. The number of likely N-dealkylation sites (tertiary alicyclic amines) is 1. The predicted octanol–water partition coefficient (Wildman–Crippen LogP) is 1.63. The molecule has 0 aromatic carbocycles. The summed E-state index contributed by atoms with van der Waals surface area (Å²) in [6.45, 7) is 6.56. The standard InChI is InChI=1S/C14H22N4O4/c1-14(2,3)22-13(21)18-7-5-9(6-8-18)11-10(12(19)20)15-16-17(11)4/h9H,5-8H2,1-4H3,(H,19,20). The Bertz CT molecular complexity index is 568. The number of ether oxygens (including phenoxy) is 1. The van der Waals surface area contributed by atoms with Crippen LogP contribution >= 0.6 is 0 Å². The van der Waals surface area contributed by atoms with Crippen LogP contribution < -0.4 is 0 Å². The molecule has 1 aromatic rings. The molecule has 2 heterocycles. The van der Waals surface area contributed by atoms with Gasteiger partial charge in [0.2, 0.25) is 0 Å². The van der Waals surface area contributed by atoms with Crippen molar-refractivity contribution in [2.45, 2.75) is 45.1 Å². The molecule has 1 aliphatic heterocycles. The second kappa shape index (κ2) is 5.94. The first-order valence-electron chi connectivity index (χ1n) is 7.30. The molecule has 1 aliphatic rings. The van der Waals surface area contributed by atoms with Gasteiger partial charge in [-0.15, -0.1) is 5.10 Å². The smallest absolute Gasteiger partial charge is 0.410 e. The van der Waals surface area contributed by atoms with Crippen LogP contribution in [-0.2, 0) is 11.8 Å². The molecule has 1 aromatic heterocycles. The number of piperidine rings is 1. The monoisotopic (exact) mass is 310 g/mol. The fourth-order valence-electron chi connectivity index (χ4n) is 2.64. The molecule has 22 heavy (non-hydrogen) atoms. The van der Waals surface area contributed by atoms with Gasteiger partial charge in [-0.2, -0.15) is 0 Å². The molecule has 0 atom stereocenters. The summed E-state index contributed by atoms with van der Waals surface area (Å²) in [7, 11) is 1.69. The average Bonchev–Trinajstić information content (AvgIpc) is 2.79. The summed E-state index contributed by atoms with van der Waals surface area (Å²) in [6.07, 6.45) is 1.01. The molecular weight excluding hydrogens is 288 g/mol. The maximum absolute atomic E-state index is 12.0. The van der Waals surface area contributed by atoms with E-state index in [1.165, 1.54) is 4.68 Å². The molecule has 0 spiro atoms. The van der Waals surface area contributed by atoms with Crippen molar-refractivity contribution in [2.24, 2.45) is 7.05 Å². The Hall–Kier alpha value is -2.12. The minimum atomic E-state index is -1.07.